The van der Waals surface area contributed by atoms with Crippen LogP contribution in [0.2, 0.25) is 5.15 Å². The zero-order valence-corrected chi connectivity index (χ0v) is 18.9. The Balaban J connectivity index is 1.78. The number of carboxylic acid groups (broad SMARTS) is 1. The Hall–Kier alpha value is -3.41. The quantitative estimate of drug-likeness (QED) is 0.435. The third kappa shape index (κ3) is 5.69. The van der Waals surface area contributed by atoms with E-state index in [-0.39, 0.29) is 23.0 Å². The van der Waals surface area contributed by atoms with Gasteiger partial charge in [-0.1, -0.05) is 29.8 Å². The van der Waals surface area contributed by atoms with Crippen molar-refractivity contribution in [2.45, 2.75) is 23.9 Å². The first kappa shape index (κ1) is 24.2. The van der Waals surface area contributed by atoms with E-state index in [2.05, 4.69) is 4.98 Å². The molecule has 10 nitrogen and oxygen atoms in total. The fraction of sp³-hybridized carbons (Fsp3) is 0.190. The van der Waals surface area contributed by atoms with E-state index in [0.29, 0.717) is 15.8 Å². The monoisotopic (exact) mass is 493 g/mol. The number of benzene rings is 2. The summed E-state index contributed by atoms with van der Waals surface area (Å²) >= 11 is 5.61. The average Bonchev–Trinajstić information content (AvgIpc) is 2.76. The Morgan fingerprint density at radius 2 is 1.73 bits per heavy atom. The Labute approximate surface area is 193 Å². The van der Waals surface area contributed by atoms with Crippen LogP contribution < -0.4 is 16.0 Å². The van der Waals surface area contributed by atoms with E-state index in [9.17, 15) is 27.9 Å². The van der Waals surface area contributed by atoms with E-state index in [1.165, 1.54) is 24.3 Å². The SMILES string of the molecule is CN(C(CCn1c(=O)cc(Cl)[nH]c1=O)C(=O)O)S(=O)(=O)c1ccc(Oc2ccccc2)cc1. The first-order valence-electron chi connectivity index (χ1n) is 9.63. The number of rotatable bonds is 9. The van der Waals surface area contributed by atoms with Crippen LogP contribution in [0.3, 0.4) is 0 Å². The van der Waals surface area contributed by atoms with Crippen molar-refractivity contribution in [3.05, 3.63) is 86.7 Å². The largest absolute Gasteiger partial charge is 0.480 e. The van der Waals surface area contributed by atoms with Gasteiger partial charge in [-0.05, 0) is 42.8 Å². The lowest BCUT2D eigenvalue weighted by atomic mass is 10.2. The Morgan fingerprint density at radius 3 is 2.30 bits per heavy atom. The van der Waals surface area contributed by atoms with Gasteiger partial charge in [-0.25, -0.2) is 13.2 Å². The minimum atomic E-state index is -4.20. The van der Waals surface area contributed by atoms with Crippen LogP contribution in [0, 0.1) is 0 Å². The summed E-state index contributed by atoms with van der Waals surface area (Å²) in [5.74, 6) is -0.453. The molecule has 0 aliphatic heterocycles. The number of para-hydroxylation sites is 1. The van der Waals surface area contributed by atoms with Crippen LogP contribution in [-0.2, 0) is 21.4 Å². The zero-order chi connectivity index (χ0) is 24.2. The predicted octanol–water partition coefficient (Wildman–Crippen LogP) is 2.15. The number of nitrogens with zero attached hydrogens (tertiary/aromatic N) is 2. The lowest BCUT2D eigenvalue weighted by Crippen LogP contribution is -2.44. The fourth-order valence-electron chi connectivity index (χ4n) is 3.05. The summed E-state index contributed by atoms with van der Waals surface area (Å²) in [6.07, 6.45) is -0.328. The number of ether oxygens (including phenoxy) is 1. The molecule has 2 aromatic carbocycles. The number of carboxylic acids is 1. The predicted molar refractivity (Wildman–Crippen MR) is 120 cm³/mol. The van der Waals surface area contributed by atoms with Gasteiger partial charge < -0.3 is 9.84 Å². The lowest BCUT2D eigenvalue weighted by Gasteiger charge is -2.24. The molecule has 0 fully saturated rings. The average molecular weight is 494 g/mol. The first-order chi connectivity index (χ1) is 15.6. The molecule has 0 amide bonds. The lowest BCUT2D eigenvalue weighted by molar-refractivity contribution is -0.141. The summed E-state index contributed by atoms with van der Waals surface area (Å²) in [5.41, 5.74) is -1.55. The molecule has 1 unspecified atom stereocenters. The van der Waals surface area contributed by atoms with Gasteiger partial charge in [-0.3, -0.25) is 19.1 Å². The number of aliphatic carboxylic acids is 1. The smallest absolute Gasteiger partial charge is 0.329 e. The highest BCUT2D eigenvalue weighted by Gasteiger charge is 2.33. The number of sulfonamides is 1. The number of hydrogen-bond acceptors (Lipinski definition) is 6. The first-order valence-corrected chi connectivity index (χ1v) is 11.4. The molecule has 174 valence electrons. The Morgan fingerprint density at radius 1 is 1.12 bits per heavy atom. The second-order valence-electron chi connectivity index (χ2n) is 6.96. The minimum Gasteiger partial charge on any atom is -0.480 e. The third-order valence-corrected chi connectivity index (χ3v) is 6.90. The number of nitrogens with one attached hydrogen (secondary N) is 1. The molecular formula is C21H20ClN3O7S. The normalized spacial score (nSPS) is 12.5. The van der Waals surface area contributed by atoms with Crippen LogP contribution in [-0.4, -0.2) is 46.4 Å². The summed E-state index contributed by atoms with van der Waals surface area (Å²) in [7, 11) is -3.08. The van der Waals surface area contributed by atoms with Crippen molar-refractivity contribution in [1.82, 2.24) is 13.9 Å². The van der Waals surface area contributed by atoms with Crippen molar-refractivity contribution in [2.75, 3.05) is 7.05 Å². The van der Waals surface area contributed by atoms with Gasteiger partial charge in [0, 0.05) is 19.7 Å². The van der Waals surface area contributed by atoms with Crippen molar-refractivity contribution in [2.24, 2.45) is 0 Å². The highest BCUT2D eigenvalue weighted by Crippen LogP contribution is 2.25. The van der Waals surface area contributed by atoms with Gasteiger partial charge in [0.2, 0.25) is 10.0 Å². The Kier molecular flexibility index (Phi) is 7.36. The third-order valence-electron chi connectivity index (χ3n) is 4.82. The molecule has 0 saturated heterocycles. The summed E-state index contributed by atoms with van der Waals surface area (Å²) < 4.78 is 33.1. The van der Waals surface area contributed by atoms with E-state index < -0.39 is 33.3 Å². The zero-order valence-electron chi connectivity index (χ0n) is 17.3. The second kappa shape index (κ2) is 10.0. The molecule has 1 aromatic heterocycles. The molecule has 1 atom stereocenters. The van der Waals surface area contributed by atoms with Crippen molar-refractivity contribution in [3.8, 4) is 11.5 Å². The highest BCUT2D eigenvalue weighted by atomic mass is 35.5. The van der Waals surface area contributed by atoms with Crippen LogP contribution in [0.5, 0.6) is 11.5 Å². The number of aromatic nitrogens is 2. The maximum absolute atomic E-state index is 13.0. The fourth-order valence-corrected chi connectivity index (χ4v) is 4.57. The molecule has 3 aromatic rings. The molecular weight excluding hydrogens is 474 g/mol. The van der Waals surface area contributed by atoms with Crippen molar-refractivity contribution in [3.63, 3.8) is 0 Å². The summed E-state index contributed by atoms with van der Waals surface area (Å²) in [6, 6.07) is 13.9. The highest BCUT2D eigenvalue weighted by molar-refractivity contribution is 7.89. The van der Waals surface area contributed by atoms with Crippen LogP contribution in [0.25, 0.3) is 0 Å². The molecule has 33 heavy (non-hydrogen) atoms. The van der Waals surface area contributed by atoms with Gasteiger partial charge in [-0.15, -0.1) is 0 Å². The van der Waals surface area contributed by atoms with Gasteiger partial charge >= 0.3 is 11.7 Å². The van der Waals surface area contributed by atoms with Crippen molar-refractivity contribution >= 4 is 27.6 Å². The number of hydrogen-bond donors (Lipinski definition) is 2. The van der Waals surface area contributed by atoms with Crippen LogP contribution in [0.1, 0.15) is 6.42 Å². The number of halogens is 1. The number of aromatic amines is 1. The van der Waals surface area contributed by atoms with Gasteiger partial charge in [-0.2, -0.15) is 4.31 Å². The summed E-state index contributed by atoms with van der Waals surface area (Å²) in [6.45, 7) is -0.327. The van der Waals surface area contributed by atoms with Crippen molar-refractivity contribution < 1.29 is 23.1 Å². The molecule has 0 saturated carbocycles. The molecule has 0 aliphatic rings. The maximum Gasteiger partial charge on any atom is 0.329 e. The van der Waals surface area contributed by atoms with Crippen LogP contribution in [0.15, 0.2) is 75.1 Å². The number of carbonyl (C=O) groups is 1. The van der Waals surface area contributed by atoms with E-state index in [0.717, 1.165) is 17.7 Å². The van der Waals surface area contributed by atoms with E-state index in [4.69, 9.17) is 16.3 Å². The molecule has 1 heterocycles. The van der Waals surface area contributed by atoms with Crippen molar-refractivity contribution in [1.29, 1.82) is 0 Å². The van der Waals surface area contributed by atoms with Crippen LogP contribution >= 0.6 is 11.6 Å². The topological polar surface area (TPSA) is 139 Å². The van der Waals surface area contributed by atoms with E-state index in [1.807, 2.05) is 6.07 Å². The number of likely N-dealkylation sites (N-methyl/N-ethyl adjacent to an activating group) is 1. The molecule has 0 spiro atoms. The second-order valence-corrected chi connectivity index (χ2v) is 9.37. The number of H-pyrrole nitrogens is 1. The minimum absolute atomic E-state index is 0.141. The molecule has 12 heteroatoms. The molecule has 0 aliphatic carbocycles. The standard InChI is InChI=1S/C21H20ClN3O7S/c1-24(17(20(27)28)11-12-25-19(26)13-18(22)23-21(25)29)33(30,31)16-9-7-15(8-10-16)32-14-5-3-2-4-6-14/h2-10,13,17H,11-12H2,1H3,(H,23,29)(H,27,28). The summed E-state index contributed by atoms with van der Waals surface area (Å²) in [5, 5.41) is 9.45. The van der Waals surface area contributed by atoms with E-state index >= 15 is 0 Å². The van der Waals surface area contributed by atoms with Gasteiger partial charge in [0.15, 0.2) is 0 Å². The van der Waals surface area contributed by atoms with Gasteiger partial charge in [0.05, 0.1) is 4.90 Å². The van der Waals surface area contributed by atoms with Crippen LogP contribution in [0.4, 0.5) is 0 Å². The molecule has 3 rings (SSSR count). The van der Waals surface area contributed by atoms with Gasteiger partial charge in [0.1, 0.15) is 22.7 Å². The summed E-state index contributed by atoms with van der Waals surface area (Å²) in [4.78, 5) is 37.8. The molecule has 0 bridgehead atoms. The molecule has 0 radical (unpaired) electrons. The Bertz CT molecular complexity index is 1320. The van der Waals surface area contributed by atoms with E-state index in [1.54, 1.807) is 24.3 Å². The van der Waals surface area contributed by atoms with Gasteiger partial charge in [0.25, 0.3) is 5.56 Å². The maximum atomic E-state index is 13.0. The molecule has 2 N–H and O–H groups in total.